The Bertz CT molecular complexity index is 676. The summed E-state index contributed by atoms with van der Waals surface area (Å²) in [6.07, 6.45) is 0.938. The normalized spacial score (nSPS) is 12.3. The van der Waals surface area contributed by atoms with Gasteiger partial charge in [0.05, 0.1) is 6.61 Å². The van der Waals surface area contributed by atoms with Crippen molar-refractivity contribution < 1.29 is 4.74 Å². The SMILES string of the molecule is Cc1ccc(C)c(C(CN)CCOc2cc(C)c(C)cc2C)c1. The fourth-order valence-corrected chi connectivity index (χ4v) is 3.00. The molecule has 2 aromatic rings. The highest BCUT2D eigenvalue weighted by atomic mass is 16.5. The van der Waals surface area contributed by atoms with E-state index in [0.29, 0.717) is 19.1 Å². The van der Waals surface area contributed by atoms with E-state index in [4.69, 9.17) is 10.5 Å². The molecule has 0 radical (unpaired) electrons. The molecule has 2 nitrogen and oxygen atoms in total. The average molecular weight is 311 g/mol. The number of benzene rings is 2. The predicted octanol–water partition coefficient (Wildman–Crippen LogP) is 4.74. The minimum Gasteiger partial charge on any atom is -0.493 e. The lowest BCUT2D eigenvalue weighted by molar-refractivity contribution is 0.296. The van der Waals surface area contributed by atoms with Crippen LogP contribution in [0, 0.1) is 34.6 Å². The van der Waals surface area contributed by atoms with E-state index in [1.165, 1.54) is 33.4 Å². The van der Waals surface area contributed by atoms with Crippen LogP contribution in [0.2, 0.25) is 0 Å². The van der Waals surface area contributed by atoms with E-state index in [1.54, 1.807) is 0 Å². The van der Waals surface area contributed by atoms with Crippen LogP contribution in [0.15, 0.2) is 30.3 Å². The van der Waals surface area contributed by atoms with Crippen molar-refractivity contribution in [2.75, 3.05) is 13.2 Å². The Morgan fingerprint density at radius 3 is 2.26 bits per heavy atom. The first-order valence-corrected chi connectivity index (χ1v) is 8.40. The summed E-state index contributed by atoms with van der Waals surface area (Å²) in [6, 6.07) is 10.9. The first-order chi connectivity index (χ1) is 10.9. The van der Waals surface area contributed by atoms with Crippen LogP contribution in [0.3, 0.4) is 0 Å². The zero-order chi connectivity index (χ0) is 17.0. The lowest BCUT2D eigenvalue weighted by Gasteiger charge is -2.19. The Kier molecular flexibility index (Phi) is 5.84. The highest BCUT2D eigenvalue weighted by molar-refractivity contribution is 5.41. The molecule has 0 aliphatic heterocycles. The second kappa shape index (κ2) is 7.65. The van der Waals surface area contributed by atoms with E-state index in [2.05, 4.69) is 65.0 Å². The first kappa shape index (κ1) is 17.6. The molecule has 2 aromatic carbocycles. The third kappa shape index (κ3) is 4.35. The predicted molar refractivity (Wildman–Crippen MR) is 98.5 cm³/mol. The van der Waals surface area contributed by atoms with Gasteiger partial charge in [-0.15, -0.1) is 0 Å². The van der Waals surface area contributed by atoms with E-state index < -0.39 is 0 Å². The molecule has 1 unspecified atom stereocenters. The summed E-state index contributed by atoms with van der Waals surface area (Å²) in [4.78, 5) is 0. The third-order valence-corrected chi connectivity index (χ3v) is 4.67. The van der Waals surface area contributed by atoms with Crippen LogP contribution in [0.1, 0.15) is 45.7 Å². The van der Waals surface area contributed by atoms with Gasteiger partial charge in [-0.3, -0.25) is 0 Å². The maximum Gasteiger partial charge on any atom is 0.122 e. The summed E-state index contributed by atoms with van der Waals surface area (Å²) in [6.45, 7) is 12.0. The molecule has 0 aromatic heterocycles. The number of aryl methyl sites for hydroxylation is 5. The number of hydrogen-bond donors (Lipinski definition) is 1. The number of rotatable bonds is 6. The zero-order valence-corrected chi connectivity index (χ0v) is 15.1. The number of ether oxygens (including phenoxy) is 1. The molecule has 0 aliphatic carbocycles. The highest BCUT2D eigenvalue weighted by Gasteiger charge is 2.13. The number of hydrogen-bond acceptors (Lipinski definition) is 2. The minimum atomic E-state index is 0.349. The molecule has 124 valence electrons. The number of nitrogens with two attached hydrogens (primary N) is 1. The second-order valence-corrected chi connectivity index (χ2v) is 6.63. The van der Waals surface area contributed by atoms with Crippen LogP contribution in [-0.2, 0) is 0 Å². The van der Waals surface area contributed by atoms with Gasteiger partial charge in [0, 0.05) is 0 Å². The summed E-state index contributed by atoms with van der Waals surface area (Å²) in [7, 11) is 0. The zero-order valence-electron chi connectivity index (χ0n) is 15.1. The third-order valence-electron chi connectivity index (χ3n) is 4.67. The Labute approximate surface area is 140 Å². The molecule has 23 heavy (non-hydrogen) atoms. The van der Waals surface area contributed by atoms with Gasteiger partial charge in [-0.05, 0) is 87.4 Å². The molecule has 0 saturated heterocycles. The van der Waals surface area contributed by atoms with Gasteiger partial charge in [0.25, 0.3) is 0 Å². The minimum absolute atomic E-state index is 0.349. The van der Waals surface area contributed by atoms with E-state index in [0.717, 1.165) is 12.2 Å². The van der Waals surface area contributed by atoms with E-state index in [9.17, 15) is 0 Å². The molecule has 0 spiro atoms. The lowest BCUT2D eigenvalue weighted by Crippen LogP contribution is -2.17. The molecule has 0 fully saturated rings. The van der Waals surface area contributed by atoms with Gasteiger partial charge < -0.3 is 10.5 Å². The van der Waals surface area contributed by atoms with Crippen molar-refractivity contribution in [3.63, 3.8) is 0 Å². The lowest BCUT2D eigenvalue weighted by atomic mass is 9.91. The summed E-state index contributed by atoms with van der Waals surface area (Å²) in [5.41, 5.74) is 13.8. The van der Waals surface area contributed by atoms with Gasteiger partial charge in [-0.25, -0.2) is 0 Å². The fraction of sp³-hybridized carbons (Fsp3) is 0.429. The van der Waals surface area contributed by atoms with Crippen LogP contribution in [-0.4, -0.2) is 13.2 Å². The summed E-state index contributed by atoms with van der Waals surface area (Å²) < 4.78 is 6.04. The highest BCUT2D eigenvalue weighted by Crippen LogP contribution is 2.26. The molecule has 2 heteroatoms. The van der Waals surface area contributed by atoms with Crippen LogP contribution in [0.4, 0.5) is 0 Å². The smallest absolute Gasteiger partial charge is 0.122 e. The molecule has 0 bridgehead atoms. The second-order valence-electron chi connectivity index (χ2n) is 6.63. The molecule has 0 heterocycles. The molecule has 0 saturated carbocycles. The largest absolute Gasteiger partial charge is 0.493 e. The van der Waals surface area contributed by atoms with Crippen LogP contribution >= 0.6 is 0 Å². The van der Waals surface area contributed by atoms with Crippen LogP contribution in [0.25, 0.3) is 0 Å². The Hall–Kier alpha value is -1.80. The van der Waals surface area contributed by atoms with Gasteiger partial charge in [0.15, 0.2) is 0 Å². The van der Waals surface area contributed by atoms with Gasteiger partial charge in [0.1, 0.15) is 5.75 Å². The van der Waals surface area contributed by atoms with Crippen molar-refractivity contribution in [1.82, 2.24) is 0 Å². The molecular weight excluding hydrogens is 282 g/mol. The Balaban J connectivity index is 2.04. The van der Waals surface area contributed by atoms with Gasteiger partial charge in [0.2, 0.25) is 0 Å². The fourth-order valence-electron chi connectivity index (χ4n) is 3.00. The van der Waals surface area contributed by atoms with Crippen molar-refractivity contribution in [3.8, 4) is 5.75 Å². The van der Waals surface area contributed by atoms with Crippen molar-refractivity contribution in [1.29, 1.82) is 0 Å². The molecule has 0 aliphatic rings. The monoisotopic (exact) mass is 311 g/mol. The van der Waals surface area contributed by atoms with Crippen LogP contribution in [0.5, 0.6) is 5.75 Å². The van der Waals surface area contributed by atoms with Gasteiger partial charge in [-0.2, -0.15) is 0 Å². The molecule has 1 atom stereocenters. The van der Waals surface area contributed by atoms with E-state index >= 15 is 0 Å². The van der Waals surface area contributed by atoms with Gasteiger partial charge in [-0.1, -0.05) is 29.8 Å². The maximum atomic E-state index is 6.04. The summed E-state index contributed by atoms with van der Waals surface area (Å²) in [5, 5.41) is 0. The Morgan fingerprint density at radius 1 is 0.870 bits per heavy atom. The molecule has 2 N–H and O–H groups in total. The molecule has 0 amide bonds. The van der Waals surface area contributed by atoms with Crippen molar-refractivity contribution in [2.45, 2.75) is 47.0 Å². The molecular formula is C21H29NO. The summed E-state index contributed by atoms with van der Waals surface area (Å²) >= 11 is 0. The summed E-state index contributed by atoms with van der Waals surface area (Å²) in [5.74, 6) is 1.34. The van der Waals surface area contributed by atoms with Crippen LogP contribution < -0.4 is 10.5 Å². The van der Waals surface area contributed by atoms with E-state index in [-0.39, 0.29) is 0 Å². The topological polar surface area (TPSA) is 35.2 Å². The van der Waals surface area contributed by atoms with Crippen molar-refractivity contribution >= 4 is 0 Å². The quantitative estimate of drug-likeness (QED) is 0.836. The van der Waals surface area contributed by atoms with E-state index in [1.807, 2.05) is 0 Å². The Morgan fingerprint density at radius 2 is 1.57 bits per heavy atom. The standard InChI is InChI=1S/C21H29NO/c1-14-6-7-15(2)20(10-14)19(13-22)8-9-23-21-12-17(4)16(3)11-18(21)5/h6-7,10-12,19H,8-9,13,22H2,1-5H3. The molecule has 2 rings (SSSR count). The van der Waals surface area contributed by atoms with Gasteiger partial charge >= 0.3 is 0 Å². The van der Waals surface area contributed by atoms with Crippen molar-refractivity contribution in [2.24, 2.45) is 5.73 Å². The van der Waals surface area contributed by atoms with Crippen molar-refractivity contribution in [3.05, 3.63) is 63.7 Å². The average Bonchev–Trinajstić information content (AvgIpc) is 2.51. The maximum absolute atomic E-state index is 6.04. The first-order valence-electron chi connectivity index (χ1n) is 8.40.